The van der Waals surface area contributed by atoms with E-state index in [-0.39, 0.29) is 31.0 Å². The lowest BCUT2D eigenvalue weighted by atomic mass is 9.85. The van der Waals surface area contributed by atoms with Crippen molar-refractivity contribution < 1.29 is 23.8 Å². The van der Waals surface area contributed by atoms with Crippen molar-refractivity contribution in [3.63, 3.8) is 0 Å². The van der Waals surface area contributed by atoms with Gasteiger partial charge in [-0.2, -0.15) is 0 Å². The number of benzene rings is 1. The van der Waals surface area contributed by atoms with Gasteiger partial charge in [0.15, 0.2) is 11.5 Å². The van der Waals surface area contributed by atoms with E-state index in [9.17, 15) is 9.59 Å². The Labute approximate surface area is 140 Å². The molecule has 1 atom stereocenters. The summed E-state index contributed by atoms with van der Waals surface area (Å²) in [6.07, 6.45) is 4.56. The minimum atomic E-state index is -0.542. The van der Waals surface area contributed by atoms with Gasteiger partial charge in [-0.15, -0.1) is 0 Å². The molecule has 0 aromatic heterocycles. The van der Waals surface area contributed by atoms with E-state index in [0.717, 1.165) is 42.7 Å². The monoisotopic (exact) mass is 331 g/mol. The van der Waals surface area contributed by atoms with Gasteiger partial charge in [0.1, 0.15) is 5.60 Å². The van der Waals surface area contributed by atoms with Crippen molar-refractivity contribution in [2.45, 2.75) is 44.1 Å². The first kappa shape index (κ1) is 15.3. The molecule has 128 valence electrons. The molecule has 1 aliphatic carbocycles. The third-order valence-electron chi connectivity index (χ3n) is 5.24. The Morgan fingerprint density at radius 3 is 2.83 bits per heavy atom. The summed E-state index contributed by atoms with van der Waals surface area (Å²) in [5, 5.41) is 2.97. The summed E-state index contributed by atoms with van der Waals surface area (Å²) >= 11 is 0. The minimum absolute atomic E-state index is 0.0662. The SMILES string of the molecule is O=C1CC(C(=O)NCCc2ccc3c(c2)OCO3)C2(CCCC2)O1. The van der Waals surface area contributed by atoms with Gasteiger partial charge in [-0.3, -0.25) is 9.59 Å². The van der Waals surface area contributed by atoms with Crippen LogP contribution < -0.4 is 14.8 Å². The lowest BCUT2D eigenvalue weighted by Crippen LogP contribution is -2.43. The largest absolute Gasteiger partial charge is 0.458 e. The zero-order chi connectivity index (χ0) is 16.6. The predicted octanol–water partition coefficient (Wildman–Crippen LogP) is 1.95. The zero-order valence-corrected chi connectivity index (χ0v) is 13.5. The summed E-state index contributed by atoms with van der Waals surface area (Å²) in [5.74, 6) is 0.853. The van der Waals surface area contributed by atoms with Gasteiger partial charge >= 0.3 is 5.97 Å². The van der Waals surface area contributed by atoms with Gasteiger partial charge in [-0.05, 0) is 49.8 Å². The van der Waals surface area contributed by atoms with Crippen LogP contribution in [0.15, 0.2) is 18.2 Å². The van der Waals surface area contributed by atoms with Crippen LogP contribution in [0.3, 0.4) is 0 Å². The van der Waals surface area contributed by atoms with Crippen LogP contribution in [0.4, 0.5) is 0 Å². The molecule has 1 unspecified atom stereocenters. The Kier molecular flexibility index (Phi) is 3.82. The number of esters is 1. The minimum Gasteiger partial charge on any atom is -0.458 e. The molecule has 1 N–H and O–H groups in total. The topological polar surface area (TPSA) is 73.9 Å². The van der Waals surface area contributed by atoms with Crippen LogP contribution in [0.2, 0.25) is 0 Å². The van der Waals surface area contributed by atoms with Crippen LogP contribution in [0.1, 0.15) is 37.7 Å². The summed E-state index contributed by atoms with van der Waals surface area (Å²) in [6.45, 7) is 0.784. The molecule has 1 saturated heterocycles. The summed E-state index contributed by atoms with van der Waals surface area (Å²) in [7, 11) is 0. The van der Waals surface area contributed by atoms with Gasteiger partial charge in [-0.1, -0.05) is 6.07 Å². The fourth-order valence-corrected chi connectivity index (χ4v) is 4.00. The van der Waals surface area contributed by atoms with Crippen LogP contribution >= 0.6 is 0 Å². The van der Waals surface area contributed by atoms with E-state index in [1.54, 1.807) is 0 Å². The third kappa shape index (κ3) is 2.70. The van der Waals surface area contributed by atoms with Crippen LogP contribution in [-0.2, 0) is 20.7 Å². The molecule has 6 heteroatoms. The quantitative estimate of drug-likeness (QED) is 0.854. The number of ether oxygens (including phenoxy) is 3. The second kappa shape index (κ2) is 6.00. The van der Waals surface area contributed by atoms with Crippen molar-refractivity contribution in [3.05, 3.63) is 23.8 Å². The molecule has 2 aliphatic heterocycles. The van der Waals surface area contributed by atoms with Crippen molar-refractivity contribution in [3.8, 4) is 11.5 Å². The molecule has 2 heterocycles. The van der Waals surface area contributed by atoms with Crippen LogP contribution in [0.5, 0.6) is 11.5 Å². The molecule has 1 spiro atoms. The third-order valence-corrected chi connectivity index (χ3v) is 5.24. The number of hydrogen-bond donors (Lipinski definition) is 1. The first-order chi connectivity index (χ1) is 11.7. The Morgan fingerprint density at radius 1 is 1.21 bits per heavy atom. The number of nitrogens with one attached hydrogen (secondary N) is 1. The molecule has 24 heavy (non-hydrogen) atoms. The van der Waals surface area contributed by atoms with Gasteiger partial charge in [0.25, 0.3) is 0 Å². The lowest BCUT2D eigenvalue weighted by molar-refractivity contribution is -0.149. The van der Waals surface area contributed by atoms with Crippen molar-refractivity contribution >= 4 is 11.9 Å². The normalized spacial score (nSPS) is 23.5. The van der Waals surface area contributed by atoms with Crippen molar-refractivity contribution in [1.29, 1.82) is 0 Å². The molecular formula is C18H21NO5. The van der Waals surface area contributed by atoms with E-state index in [2.05, 4.69) is 5.32 Å². The highest BCUT2D eigenvalue weighted by atomic mass is 16.7. The Bertz CT molecular complexity index is 665. The molecular weight excluding hydrogens is 310 g/mol. The number of rotatable bonds is 4. The Morgan fingerprint density at radius 2 is 2.00 bits per heavy atom. The van der Waals surface area contributed by atoms with Gasteiger partial charge in [-0.25, -0.2) is 0 Å². The molecule has 4 rings (SSSR count). The molecule has 1 amide bonds. The van der Waals surface area contributed by atoms with E-state index in [0.29, 0.717) is 13.0 Å². The summed E-state index contributed by atoms with van der Waals surface area (Å²) in [6, 6.07) is 5.80. The fraction of sp³-hybridized carbons (Fsp3) is 0.556. The zero-order valence-electron chi connectivity index (χ0n) is 13.5. The smallest absolute Gasteiger partial charge is 0.307 e. The maximum absolute atomic E-state index is 12.5. The van der Waals surface area contributed by atoms with Crippen LogP contribution in [0, 0.1) is 5.92 Å². The lowest BCUT2D eigenvalue weighted by Gasteiger charge is -2.27. The highest BCUT2D eigenvalue weighted by Gasteiger charge is 2.53. The summed E-state index contributed by atoms with van der Waals surface area (Å²) in [4.78, 5) is 24.2. The van der Waals surface area contributed by atoms with E-state index in [1.807, 2.05) is 18.2 Å². The highest BCUT2D eigenvalue weighted by molar-refractivity contribution is 5.87. The number of carbonyl (C=O) groups excluding carboxylic acids is 2. The maximum atomic E-state index is 12.5. The molecule has 0 bridgehead atoms. The van der Waals surface area contributed by atoms with E-state index >= 15 is 0 Å². The average molecular weight is 331 g/mol. The highest BCUT2D eigenvalue weighted by Crippen LogP contribution is 2.45. The maximum Gasteiger partial charge on any atom is 0.307 e. The molecule has 1 aromatic rings. The summed E-state index contributed by atoms with van der Waals surface area (Å²) < 4.78 is 16.2. The molecule has 0 radical (unpaired) electrons. The number of fused-ring (bicyclic) bond motifs is 1. The number of amides is 1. The van der Waals surface area contributed by atoms with E-state index < -0.39 is 5.60 Å². The van der Waals surface area contributed by atoms with Gasteiger partial charge in [0.05, 0.1) is 12.3 Å². The molecule has 1 aromatic carbocycles. The Balaban J connectivity index is 1.34. The van der Waals surface area contributed by atoms with Crippen LogP contribution in [0.25, 0.3) is 0 Å². The summed E-state index contributed by atoms with van der Waals surface area (Å²) in [5.41, 5.74) is 0.536. The van der Waals surface area contributed by atoms with Gasteiger partial charge in [0.2, 0.25) is 12.7 Å². The van der Waals surface area contributed by atoms with E-state index in [1.165, 1.54) is 0 Å². The van der Waals surface area contributed by atoms with Gasteiger partial charge < -0.3 is 19.5 Å². The fourth-order valence-electron chi connectivity index (χ4n) is 4.00. The molecule has 1 saturated carbocycles. The average Bonchev–Trinajstić information content (AvgIpc) is 3.28. The number of hydrogen-bond acceptors (Lipinski definition) is 5. The predicted molar refractivity (Wildman–Crippen MR) is 84.7 cm³/mol. The standard InChI is InChI=1S/C18H21NO5/c20-16-10-13(18(24-16)6-1-2-7-18)17(21)19-8-5-12-3-4-14-15(9-12)23-11-22-14/h3-4,9,13H,1-2,5-8,10-11H2,(H,19,21). The first-order valence-corrected chi connectivity index (χ1v) is 8.54. The van der Waals surface area contributed by atoms with Crippen molar-refractivity contribution in [2.75, 3.05) is 13.3 Å². The molecule has 3 aliphatic rings. The molecule has 2 fully saturated rings. The Hall–Kier alpha value is -2.24. The molecule has 6 nitrogen and oxygen atoms in total. The second-order valence-electron chi connectivity index (χ2n) is 6.73. The van der Waals surface area contributed by atoms with Crippen molar-refractivity contribution in [1.82, 2.24) is 5.32 Å². The van der Waals surface area contributed by atoms with E-state index in [4.69, 9.17) is 14.2 Å². The van der Waals surface area contributed by atoms with Gasteiger partial charge in [0, 0.05) is 6.54 Å². The first-order valence-electron chi connectivity index (χ1n) is 8.54. The number of carbonyl (C=O) groups is 2. The second-order valence-corrected chi connectivity index (χ2v) is 6.73. The van der Waals surface area contributed by atoms with Crippen molar-refractivity contribution in [2.24, 2.45) is 5.92 Å². The van der Waals surface area contributed by atoms with Crippen LogP contribution in [-0.4, -0.2) is 30.8 Å².